The van der Waals surface area contributed by atoms with Gasteiger partial charge in [-0.1, -0.05) is 11.6 Å². The summed E-state index contributed by atoms with van der Waals surface area (Å²) in [5.41, 5.74) is -0.136. The molecule has 0 saturated heterocycles. The monoisotopic (exact) mass is 266 g/mol. The molecule has 1 rings (SSSR count). The molecule has 16 heavy (non-hydrogen) atoms. The summed E-state index contributed by atoms with van der Waals surface area (Å²) < 4.78 is 23.7. The smallest absolute Gasteiger partial charge is 0.285 e. The van der Waals surface area contributed by atoms with Crippen molar-refractivity contribution in [3.63, 3.8) is 0 Å². The number of hydrogen-bond donors (Lipinski definition) is 3. The van der Waals surface area contributed by atoms with Gasteiger partial charge in [-0.15, -0.1) is 0 Å². The van der Waals surface area contributed by atoms with Gasteiger partial charge in [-0.05, 0) is 0 Å². The topological polar surface area (TPSA) is 104 Å². The summed E-state index contributed by atoms with van der Waals surface area (Å²) in [7, 11) is -3.20. The van der Waals surface area contributed by atoms with Crippen molar-refractivity contribution in [1.29, 1.82) is 0 Å². The fourth-order valence-electron chi connectivity index (χ4n) is 0.940. The van der Waals surface area contributed by atoms with E-state index in [-0.39, 0.29) is 11.6 Å². The number of nitrogens with zero attached hydrogens (tertiary/aromatic N) is 1. The molecule has 0 aliphatic rings. The Morgan fingerprint density at radius 3 is 2.81 bits per heavy atom. The predicted molar refractivity (Wildman–Crippen MR) is 61.2 cm³/mol. The molecule has 3 N–H and O–H groups in total. The molecule has 9 heteroatoms. The summed E-state index contributed by atoms with van der Waals surface area (Å²) in [5.74, 6) is 0. The summed E-state index contributed by atoms with van der Waals surface area (Å²) in [5, 5.41) is 8.49. The lowest BCUT2D eigenvalue weighted by Crippen LogP contribution is -2.28. The van der Waals surface area contributed by atoms with Crippen LogP contribution >= 0.6 is 11.6 Å². The van der Waals surface area contributed by atoms with E-state index >= 15 is 0 Å². The first kappa shape index (κ1) is 12.9. The molecule has 7 nitrogen and oxygen atoms in total. The zero-order valence-corrected chi connectivity index (χ0v) is 10.0. The Bertz CT molecular complexity index is 513. The lowest BCUT2D eigenvalue weighted by molar-refractivity contribution is 0.589. The van der Waals surface area contributed by atoms with Crippen LogP contribution in [0.1, 0.15) is 0 Å². The molecule has 0 fully saturated rings. The van der Waals surface area contributed by atoms with Crippen molar-refractivity contribution in [2.45, 2.75) is 0 Å². The Morgan fingerprint density at radius 2 is 2.19 bits per heavy atom. The van der Waals surface area contributed by atoms with Crippen molar-refractivity contribution in [3.8, 4) is 0 Å². The van der Waals surface area contributed by atoms with Crippen LogP contribution in [0.15, 0.2) is 11.0 Å². The number of sulfonamides is 1. The van der Waals surface area contributed by atoms with Crippen LogP contribution < -0.4 is 15.6 Å². The molecular formula is C7H11ClN4O3S. The minimum atomic E-state index is -3.20. The van der Waals surface area contributed by atoms with Crippen LogP contribution in [-0.2, 0) is 10.0 Å². The molecule has 90 valence electrons. The number of hydrogen-bond acceptors (Lipinski definition) is 5. The normalized spacial score (nSPS) is 11.4. The fraction of sp³-hybridized carbons (Fsp3) is 0.429. The molecular weight excluding hydrogens is 256 g/mol. The van der Waals surface area contributed by atoms with E-state index in [9.17, 15) is 13.2 Å². The summed E-state index contributed by atoms with van der Waals surface area (Å²) >= 11 is 5.68. The molecule has 0 bridgehead atoms. The maximum absolute atomic E-state index is 11.0. The summed E-state index contributed by atoms with van der Waals surface area (Å²) in [6, 6.07) is 0. The number of aromatic nitrogens is 2. The average molecular weight is 267 g/mol. The van der Waals surface area contributed by atoms with Gasteiger partial charge in [0.05, 0.1) is 18.1 Å². The highest BCUT2D eigenvalue weighted by molar-refractivity contribution is 7.88. The summed E-state index contributed by atoms with van der Waals surface area (Å²) in [6.07, 6.45) is 2.42. The Labute approximate surface area is 97.3 Å². The van der Waals surface area contributed by atoms with E-state index in [1.165, 1.54) is 6.20 Å². The first-order valence-electron chi connectivity index (χ1n) is 4.32. The second-order valence-corrected chi connectivity index (χ2v) is 5.23. The second-order valence-electron chi connectivity index (χ2n) is 3.02. The number of aromatic amines is 1. The summed E-state index contributed by atoms with van der Waals surface area (Å²) in [6.45, 7) is 0.500. The van der Waals surface area contributed by atoms with E-state index < -0.39 is 15.6 Å². The van der Waals surface area contributed by atoms with E-state index in [0.29, 0.717) is 12.2 Å². The van der Waals surface area contributed by atoms with E-state index in [1.54, 1.807) is 0 Å². The quantitative estimate of drug-likeness (QED) is 0.617. The van der Waals surface area contributed by atoms with Gasteiger partial charge < -0.3 is 5.32 Å². The third kappa shape index (κ3) is 4.17. The van der Waals surface area contributed by atoms with E-state index in [1.807, 2.05) is 0 Å². The molecule has 0 spiro atoms. The van der Waals surface area contributed by atoms with Crippen molar-refractivity contribution in [2.75, 3.05) is 24.7 Å². The Balaban J connectivity index is 2.50. The van der Waals surface area contributed by atoms with Gasteiger partial charge in [0.1, 0.15) is 5.02 Å². The van der Waals surface area contributed by atoms with Crippen LogP contribution in [0.3, 0.4) is 0 Å². The Morgan fingerprint density at radius 1 is 1.50 bits per heavy atom. The first-order chi connectivity index (χ1) is 7.40. The van der Waals surface area contributed by atoms with Gasteiger partial charge in [-0.3, -0.25) is 4.79 Å². The SMILES string of the molecule is CS(=O)(=O)NCCNc1cn[nH]c(=O)c1Cl. The lowest BCUT2D eigenvalue weighted by Gasteiger charge is -2.06. The second kappa shape index (κ2) is 5.28. The van der Waals surface area contributed by atoms with Gasteiger partial charge in [-0.2, -0.15) is 5.10 Å². The van der Waals surface area contributed by atoms with Crippen molar-refractivity contribution < 1.29 is 8.42 Å². The highest BCUT2D eigenvalue weighted by Gasteiger charge is 2.04. The molecule has 0 aromatic carbocycles. The summed E-state index contributed by atoms with van der Waals surface area (Å²) in [4.78, 5) is 11.0. The van der Waals surface area contributed by atoms with Crippen molar-refractivity contribution in [1.82, 2.24) is 14.9 Å². The van der Waals surface area contributed by atoms with Gasteiger partial charge >= 0.3 is 0 Å². The lowest BCUT2D eigenvalue weighted by atomic mass is 10.4. The number of halogens is 1. The first-order valence-corrected chi connectivity index (χ1v) is 6.59. The number of rotatable bonds is 5. The van der Waals surface area contributed by atoms with Crippen LogP contribution in [-0.4, -0.2) is 38.0 Å². The standard InChI is InChI=1S/C7H11ClN4O3S/c1-16(14,15)11-3-2-9-5-4-10-12-7(13)6(5)8/h4,11H,2-3H2,1H3,(H2,9,12,13). The van der Waals surface area contributed by atoms with Crippen molar-refractivity contribution in [3.05, 3.63) is 21.6 Å². The molecule has 1 heterocycles. The van der Waals surface area contributed by atoms with Crippen molar-refractivity contribution >= 4 is 27.3 Å². The maximum atomic E-state index is 11.0. The number of anilines is 1. The molecule has 0 radical (unpaired) electrons. The van der Waals surface area contributed by atoms with Gasteiger partial charge in [-0.25, -0.2) is 18.2 Å². The van der Waals surface area contributed by atoms with Crippen LogP contribution in [0.4, 0.5) is 5.69 Å². The molecule has 0 aliphatic heterocycles. The molecule has 0 unspecified atom stereocenters. The van der Waals surface area contributed by atoms with Crippen LogP contribution in [0.2, 0.25) is 5.02 Å². The number of H-pyrrole nitrogens is 1. The molecule has 0 amide bonds. The van der Waals surface area contributed by atoms with Crippen LogP contribution in [0, 0.1) is 0 Å². The zero-order chi connectivity index (χ0) is 12.2. The minimum Gasteiger partial charge on any atom is -0.381 e. The number of nitrogens with one attached hydrogen (secondary N) is 3. The van der Waals surface area contributed by atoms with Gasteiger partial charge in [0.25, 0.3) is 5.56 Å². The minimum absolute atomic E-state index is 0.00523. The molecule has 1 aromatic rings. The fourth-order valence-corrected chi connectivity index (χ4v) is 1.57. The van der Waals surface area contributed by atoms with E-state index in [2.05, 4.69) is 20.2 Å². The van der Waals surface area contributed by atoms with E-state index in [0.717, 1.165) is 6.26 Å². The van der Waals surface area contributed by atoms with Crippen molar-refractivity contribution in [2.24, 2.45) is 0 Å². The maximum Gasteiger partial charge on any atom is 0.285 e. The van der Waals surface area contributed by atoms with Gasteiger partial charge in [0.15, 0.2) is 0 Å². The largest absolute Gasteiger partial charge is 0.381 e. The van der Waals surface area contributed by atoms with Gasteiger partial charge in [0.2, 0.25) is 10.0 Å². The Hall–Kier alpha value is -1.12. The predicted octanol–water partition coefficient (Wildman–Crippen LogP) is -0.616. The third-order valence-corrected chi connectivity index (χ3v) is 2.70. The average Bonchev–Trinajstić information content (AvgIpc) is 2.17. The van der Waals surface area contributed by atoms with Crippen LogP contribution in [0.5, 0.6) is 0 Å². The highest BCUT2D eigenvalue weighted by Crippen LogP contribution is 2.13. The molecule has 0 saturated carbocycles. The zero-order valence-electron chi connectivity index (χ0n) is 8.45. The third-order valence-electron chi connectivity index (χ3n) is 1.60. The highest BCUT2D eigenvalue weighted by atomic mass is 35.5. The van der Waals surface area contributed by atoms with E-state index in [4.69, 9.17) is 11.6 Å². The molecule has 1 aromatic heterocycles. The van der Waals surface area contributed by atoms with Crippen LogP contribution in [0.25, 0.3) is 0 Å². The van der Waals surface area contributed by atoms with Gasteiger partial charge in [0, 0.05) is 13.1 Å². The Kier molecular flexibility index (Phi) is 4.27. The molecule has 0 aliphatic carbocycles. The molecule has 0 atom stereocenters.